The van der Waals surface area contributed by atoms with E-state index in [9.17, 15) is 13.2 Å². The van der Waals surface area contributed by atoms with Gasteiger partial charge in [0, 0.05) is 33.8 Å². The molecule has 0 aliphatic rings. The third-order valence-corrected chi connectivity index (χ3v) is 6.41. The molecular weight excluding hydrogens is 460 g/mol. The molecule has 28 heavy (non-hydrogen) atoms. The standard InChI is InChI=1S/C20H17BrN2O3S2/c1-3-11-23(19(24)15-5-4-6-16(21)12-15)20-22-18(13-27-20)14-7-9-17(10-8-14)28(2,25)26/h3-10,12-13H,1,11H2,2H3. The number of rotatable bonds is 6. The molecule has 1 amide bonds. The molecule has 0 radical (unpaired) electrons. The summed E-state index contributed by atoms with van der Waals surface area (Å²) in [6.45, 7) is 4.06. The van der Waals surface area contributed by atoms with Gasteiger partial charge in [-0.05, 0) is 30.3 Å². The molecule has 0 saturated carbocycles. The van der Waals surface area contributed by atoms with E-state index in [0.29, 0.717) is 22.9 Å². The maximum Gasteiger partial charge on any atom is 0.260 e. The molecule has 8 heteroatoms. The molecule has 1 aromatic heterocycles. The Labute approximate surface area is 176 Å². The van der Waals surface area contributed by atoms with Gasteiger partial charge in [0.25, 0.3) is 5.91 Å². The van der Waals surface area contributed by atoms with Crippen molar-refractivity contribution in [3.8, 4) is 11.3 Å². The number of hydrogen-bond acceptors (Lipinski definition) is 5. The molecule has 0 unspecified atom stereocenters. The molecule has 1 heterocycles. The lowest BCUT2D eigenvalue weighted by molar-refractivity contribution is 0.0989. The molecule has 0 N–H and O–H groups in total. The monoisotopic (exact) mass is 476 g/mol. The van der Waals surface area contributed by atoms with E-state index in [0.717, 1.165) is 10.0 Å². The minimum atomic E-state index is -3.25. The first kappa shape index (κ1) is 20.4. The fourth-order valence-corrected chi connectivity index (χ4v) is 4.42. The van der Waals surface area contributed by atoms with E-state index in [1.54, 1.807) is 53.4 Å². The first-order chi connectivity index (χ1) is 13.3. The second-order valence-electron chi connectivity index (χ2n) is 6.03. The van der Waals surface area contributed by atoms with Crippen LogP contribution in [0.1, 0.15) is 10.4 Å². The minimum Gasteiger partial charge on any atom is -0.280 e. The summed E-state index contributed by atoms with van der Waals surface area (Å²) < 4.78 is 24.0. The Balaban J connectivity index is 1.91. The number of hydrogen-bond donors (Lipinski definition) is 0. The van der Waals surface area contributed by atoms with Gasteiger partial charge in [0.2, 0.25) is 0 Å². The number of halogens is 1. The third-order valence-electron chi connectivity index (χ3n) is 3.93. The SMILES string of the molecule is C=CCN(C(=O)c1cccc(Br)c1)c1nc(-c2ccc(S(C)(=O)=O)cc2)cs1. The topological polar surface area (TPSA) is 67.3 Å². The Hall–Kier alpha value is -2.29. The Morgan fingerprint density at radius 1 is 1.25 bits per heavy atom. The predicted molar refractivity (Wildman–Crippen MR) is 117 cm³/mol. The summed E-state index contributed by atoms with van der Waals surface area (Å²) in [6.07, 6.45) is 2.82. The summed E-state index contributed by atoms with van der Waals surface area (Å²) in [5.41, 5.74) is 2.00. The van der Waals surface area contributed by atoms with Crippen molar-refractivity contribution in [1.29, 1.82) is 0 Å². The molecule has 0 saturated heterocycles. The number of amides is 1. The van der Waals surface area contributed by atoms with Crippen LogP contribution in [0.3, 0.4) is 0 Å². The van der Waals surface area contributed by atoms with Crippen molar-refractivity contribution in [1.82, 2.24) is 4.98 Å². The van der Waals surface area contributed by atoms with Gasteiger partial charge >= 0.3 is 0 Å². The van der Waals surface area contributed by atoms with Gasteiger partial charge in [-0.1, -0.05) is 40.2 Å². The predicted octanol–water partition coefficient (Wildman–Crippen LogP) is 4.81. The summed E-state index contributed by atoms with van der Waals surface area (Å²) in [4.78, 5) is 19.3. The second-order valence-corrected chi connectivity index (χ2v) is 9.79. The van der Waals surface area contributed by atoms with Gasteiger partial charge < -0.3 is 0 Å². The minimum absolute atomic E-state index is 0.172. The van der Waals surface area contributed by atoms with Gasteiger partial charge in [0.1, 0.15) is 0 Å². The van der Waals surface area contributed by atoms with Crippen molar-refractivity contribution in [3.63, 3.8) is 0 Å². The van der Waals surface area contributed by atoms with Gasteiger partial charge in [-0.3, -0.25) is 9.69 Å². The number of thiazole rings is 1. The Morgan fingerprint density at radius 3 is 2.57 bits per heavy atom. The molecule has 0 bridgehead atoms. The Kier molecular flexibility index (Phi) is 6.12. The van der Waals surface area contributed by atoms with E-state index >= 15 is 0 Å². The number of carbonyl (C=O) groups excluding carboxylic acids is 1. The fourth-order valence-electron chi connectivity index (χ4n) is 2.55. The van der Waals surface area contributed by atoms with E-state index in [-0.39, 0.29) is 10.8 Å². The number of aromatic nitrogens is 1. The zero-order valence-corrected chi connectivity index (χ0v) is 18.2. The molecule has 144 valence electrons. The number of carbonyl (C=O) groups is 1. The lowest BCUT2D eigenvalue weighted by Crippen LogP contribution is -2.30. The highest BCUT2D eigenvalue weighted by Crippen LogP contribution is 2.29. The van der Waals surface area contributed by atoms with Crippen LogP contribution < -0.4 is 4.90 Å². The summed E-state index contributed by atoms with van der Waals surface area (Å²) in [6, 6.07) is 13.7. The zero-order chi connectivity index (χ0) is 20.3. The molecule has 0 aliphatic heterocycles. The lowest BCUT2D eigenvalue weighted by Gasteiger charge is -2.18. The largest absolute Gasteiger partial charge is 0.280 e. The van der Waals surface area contributed by atoms with Crippen LogP contribution in [0.4, 0.5) is 5.13 Å². The number of nitrogens with zero attached hydrogens (tertiary/aromatic N) is 2. The molecule has 3 aromatic rings. The lowest BCUT2D eigenvalue weighted by atomic mass is 10.2. The fraction of sp³-hybridized carbons (Fsp3) is 0.100. The van der Waals surface area contributed by atoms with Gasteiger partial charge in [-0.25, -0.2) is 13.4 Å². The maximum absolute atomic E-state index is 12.9. The van der Waals surface area contributed by atoms with E-state index in [1.165, 1.54) is 17.6 Å². The van der Waals surface area contributed by atoms with E-state index in [4.69, 9.17) is 0 Å². The molecular formula is C20H17BrN2O3S2. The summed E-state index contributed by atoms with van der Waals surface area (Å²) >= 11 is 4.73. The summed E-state index contributed by atoms with van der Waals surface area (Å²) in [5, 5.41) is 2.39. The number of anilines is 1. The highest BCUT2D eigenvalue weighted by molar-refractivity contribution is 9.10. The molecule has 5 nitrogen and oxygen atoms in total. The third kappa shape index (κ3) is 4.57. The van der Waals surface area contributed by atoms with Gasteiger partial charge in [0.05, 0.1) is 10.6 Å². The average molecular weight is 477 g/mol. The first-order valence-electron chi connectivity index (χ1n) is 8.24. The van der Waals surface area contributed by atoms with Crippen molar-refractivity contribution in [2.45, 2.75) is 4.90 Å². The van der Waals surface area contributed by atoms with Gasteiger partial charge in [0.15, 0.2) is 15.0 Å². The van der Waals surface area contributed by atoms with E-state index in [1.807, 2.05) is 11.4 Å². The Morgan fingerprint density at radius 2 is 1.96 bits per heavy atom. The normalized spacial score (nSPS) is 11.2. The van der Waals surface area contributed by atoms with E-state index in [2.05, 4.69) is 27.5 Å². The maximum atomic E-state index is 12.9. The van der Waals surface area contributed by atoms with Gasteiger partial charge in [-0.2, -0.15) is 0 Å². The van der Waals surface area contributed by atoms with Crippen LogP contribution in [0.25, 0.3) is 11.3 Å². The van der Waals surface area contributed by atoms with Crippen LogP contribution in [0.5, 0.6) is 0 Å². The second kappa shape index (κ2) is 8.38. The molecule has 2 aromatic carbocycles. The van der Waals surface area contributed by atoms with Crippen molar-refractivity contribution in [3.05, 3.63) is 76.6 Å². The molecule has 0 atom stereocenters. The van der Waals surface area contributed by atoms with Crippen LogP contribution in [0.2, 0.25) is 0 Å². The van der Waals surface area contributed by atoms with Crippen molar-refractivity contribution in [2.75, 3.05) is 17.7 Å². The smallest absolute Gasteiger partial charge is 0.260 e. The van der Waals surface area contributed by atoms with Crippen LogP contribution >= 0.6 is 27.3 Å². The van der Waals surface area contributed by atoms with Crippen LogP contribution in [0.15, 0.2) is 75.9 Å². The summed E-state index contributed by atoms with van der Waals surface area (Å²) in [7, 11) is -3.25. The molecule has 3 rings (SSSR count). The molecule has 0 aliphatic carbocycles. The quantitative estimate of drug-likeness (QED) is 0.478. The Bertz CT molecular complexity index is 1120. The van der Waals surface area contributed by atoms with Crippen LogP contribution in [-0.2, 0) is 9.84 Å². The van der Waals surface area contributed by atoms with Crippen LogP contribution in [-0.4, -0.2) is 32.1 Å². The highest BCUT2D eigenvalue weighted by atomic mass is 79.9. The van der Waals surface area contributed by atoms with Gasteiger partial charge in [-0.15, -0.1) is 17.9 Å². The van der Waals surface area contributed by atoms with E-state index < -0.39 is 9.84 Å². The molecule has 0 spiro atoms. The number of sulfone groups is 1. The van der Waals surface area contributed by atoms with Crippen molar-refractivity contribution in [2.24, 2.45) is 0 Å². The average Bonchev–Trinajstić information content (AvgIpc) is 3.15. The van der Waals surface area contributed by atoms with Crippen molar-refractivity contribution < 1.29 is 13.2 Å². The van der Waals surface area contributed by atoms with Crippen LogP contribution in [0, 0.1) is 0 Å². The number of benzene rings is 2. The van der Waals surface area contributed by atoms with Crippen molar-refractivity contribution >= 4 is 48.1 Å². The summed E-state index contributed by atoms with van der Waals surface area (Å²) in [5.74, 6) is -0.172. The highest BCUT2D eigenvalue weighted by Gasteiger charge is 2.20. The first-order valence-corrected chi connectivity index (χ1v) is 11.8. The zero-order valence-electron chi connectivity index (χ0n) is 15.0. The molecule has 0 fully saturated rings.